The predicted molar refractivity (Wildman–Crippen MR) is 56.0 cm³/mol. The van der Waals surface area contributed by atoms with E-state index in [0.29, 0.717) is 6.61 Å². The molecule has 0 fully saturated rings. The van der Waals surface area contributed by atoms with Gasteiger partial charge < -0.3 is 4.74 Å². The van der Waals surface area contributed by atoms with Crippen molar-refractivity contribution in [1.82, 2.24) is 0 Å². The summed E-state index contributed by atoms with van der Waals surface area (Å²) < 4.78 is 5.32. The van der Waals surface area contributed by atoms with Crippen molar-refractivity contribution in [2.45, 2.75) is 5.75 Å². The van der Waals surface area contributed by atoms with Gasteiger partial charge in [-0.25, -0.2) is 0 Å². The molecule has 0 aliphatic heterocycles. The van der Waals surface area contributed by atoms with Gasteiger partial charge in [0.25, 0.3) is 0 Å². The summed E-state index contributed by atoms with van der Waals surface area (Å²) in [5.74, 6) is 1.76. The van der Waals surface area contributed by atoms with Gasteiger partial charge in [-0.1, -0.05) is 24.8 Å². The average molecular weight is 181 g/mol. The number of hydrogen-bond donors (Lipinski definition) is 0. The lowest BCUT2D eigenvalue weighted by Crippen LogP contribution is -1.92. The van der Waals surface area contributed by atoms with Crippen molar-refractivity contribution in [2.24, 2.45) is 0 Å². The van der Waals surface area contributed by atoms with Gasteiger partial charge in [0.15, 0.2) is 0 Å². The van der Waals surface area contributed by atoms with E-state index in [9.17, 15) is 0 Å². The summed E-state index contributed by atoms with van der Waals surface area (Å²) in [5, 5.41) is 0. The molecule has 0 saturated carbocycles. The van der Waals surface area contributed by atoms with E-state index in [2.05, 4.69) is 19.2 Å². The van der Waals surface area contributed by atoms with Crippen molar-refractivity contribution < 1.29 is 4.74 Å². The van der Waals surface area contributed by atoms with Crippen LogP contribution in [-0.4, -0.2) is 6.61 Å². The molecule has 1 aromatic rings. The Labute approximate surface area is 78.5 Å². The SMILES string of the molecule is C=CCOc1ccc(C[SH2+])cc1. The maximum absolute atomic E-state index is 5.32. The molecule has 0 atom stereocenters. The van der Waals surface area contributed by atoms with E-state index in [-0.39, 0.29) is 0 Å². The summed E-state index contributed by atoms with van der Waals surface area (Å²) in [4.78, 5) is 0. The number of rotatable bonds is 4. The summed E-state index contributed by atoms with van der Waals surface area (Å²) >= 11 is 3.42. The first-order valence-corrected chi connectivity index (χ1v) is 4.54. The number of hydrogen-bond acceptors (Lipinski definition) is 1. The number of benzene rings is 1. The van der Waals surface area contributed by atoms with Crippen LogP contribution < -0.4 is 4.74 Å². The maximum Gasteiger partial charge on any atom is 0.128 e. The van der Waals surface area contributed by atoms with Gasteiger partial charge in [-0.05, 0) is 24.8 Å². The molecule has 0 heterocycles. The standard InChI is InChI=1S/C10H12OS/c1-2-7-11-10-5-3-9(8-12)4-6-10/h2-6,12H,1,7-8H2/p+1. The molecule has 0 aromatic heterocycles. The zero-order valence-corrected chi connectivity index (χ0v) is 7.92. The van der Waals surface area contributed by atoms with E-state index in [0.717, 1.165) is 11.5 Å². The lowest BCUT2D eigenvalue weighted by atomic mass is 10.2. The molecule has 1 nitrogen and oxygen atoms in total. The minimum atomic E-state index is 0.563. The fraction of sp³-hybridized carbons (Fsp3) is 0.200. The highest BCUT2D eigenvalue weighted by atomic mass is 32.1. The normalized spacial score (nSPS) is 9.42. The molecule has 64 valence electrons. The van der Waals surface area contributed by atoms with Crippen LogP contribution in [0.5, 0.6) is 5.75 Å². The largest absolute Gasteiger partial charge is 0.490 e. The average Bonchev–Trinajstić information content (AvgIpc) is 2.15. The van der Waals surface area contributed by atoms with Crippen LogP contribution in [0.1, 0.15) is 5.56 Å². The van der Waals surface area contributed by atoms with Crippen molar-refractivity contribution in [2.75, 3.05) is 6.61 Å². The monoisotopic (exact) mass is 181 g/mol. The van der Waals surface area contributed by atoms with Crippen LogP contribution in [0, 0.1) is 0 Å². The second-order valence-corrected chi connectivity index (χ2v) is 2.77. The van der Waals surface area contributed by atoms with Crippen molar-refractivity contribution >= 4 is 12.6 Å². The molecule has 0 unspecified atom stereocenters. The highest BCUT2D eigenvalue weighted by Crippen LogP contribution is 2.11. The Morgan fingerprint density at radius 3 is 2.50 bits per heavy atom. The summed E-state index contributed by atoms with van der Waals surface area (Å²) in [6.07, 6.45) is 1.73. The fourth-order valence-electron chi connectivity index (χ4n) is 0.859. The van der Waals surface area contributed by atoms with E-state index in [1.807, 2.05) is 24.3 Å². The highest BCUT2D eigenvalue weighted by molar-refractivity contribution is 7.57. The topological polar surface area (TPSA) is 9.23 Å². The molecule has 0 saturated heterocycles. The molecule has 0 N–H and O–H groups in total. The smallest absolute Gasteiger partial charge is 0.128 e. The third kappa shape index (κ3) is 2.62. The predicted octanol–water partition coefficient (Wildman–Crippen LogP) is 1.76. The van der Waals surface area contributed by atoms with Crippen LogP contribution in [0.15, 0.2) is 36.9 Å². The van der Waals surface area contributed by atoms with E-state index in [4.69, 9.17) is 4.74 Å². The second-order valence-electron chi connectivity index (χ2n) is 2.42. The van der Waals surface area contributed by atoms with Crippen LogP contribution >= 0.6 is 0 Å². The van der Waals surface area contributed by atoms with Gasteiger partial charge in [0.1, 0.15) is 18.1 Å². The Hall–Kier alpha value is -0.890. The molecule has 12 heavy (non-hydrogen) atoms. The lowest BCUT2D eigenvalue weighted by Gasteiger charge is -2.02. The zero-order chi connectivity index (χ0) is 8.81. The van der Waals surface area contributed by atoms with Gasteiger partial charge in [-0.3, -0.25) is 0 Å². The molecule has 0 amide bonds. The third-order valence-corrected chi connectivity index (χ3v) is 1.90. The third-order valence-electron chi connectivity index (χ3n) is 1.50. The summed E-state index contributed by atoms with van der Waals surface area (Å²) in [5.41, 5.74) is 1.25. The van der Waals surface area contributed by atoms with E-state index in [1.165, 1.54) is 5.56 Å². The Balaban J connectivity index is 2.58. The van der Waals surface area contributed by atoms with Gasteiger partial charge >= 0.3 is 0 Å². The maximum atomic E-state index is 5.32. The van der Waals surface area contributed by atoms with Crippen LogP contribution in [0.2, 0.25) is 0 Å². The zero-order valence-electron chi connectivity index (χ0n) is 6.92. The van der Waals surface area contributed by atoms with E-state index in [1.54, 1.807) is 6.08 Å². The minimum absolute atomic E-state index is 0.563. The number of ether oxygens (including phenoxy) is 1. The van der Waals surface area contributed by atoms with E-state index < -0.39 is 0 Å². The fourth-order valence-corrected chi connectivity index (χ4v) is 1.09. The van der Waals surface area contributed by atoms with Crippen molar-refractivity contribution in [3.63, 3.8) is 0 Å². The molecule has 1 aromatic carbocycles. The highest BCUT2D eigenvalue weighted by Gasteiger charge is 1.93. The lowest BCUT2D eigenvalue weighted by molar-refractivity contribution is 0.363. The Morgan fingerprint density at radius 2 is 2.00 bits per heavy atom. The van der Waals surface area contributed by atoms with Gasteiger partial charge in [-0.15, -0.1) is 0 Å². The minimum Gasteiger partial charge on any atom is -0.490 e. The molecule has 0 aliphatic carbocycles. The van der Waals surface area contributed by atoms with Gasteiger partial charge in [0.05, 0.1) is 0 Å². The molecular formula is C10H13OS+. The Kier molecular flexibility index (Phi) is 3.74. The quantitative estimate of drug-likeness (QED) is 0.508. The van der Waals surface area contributed by atoms with Gasteiger partial charge in [-0.2, -0.15) is 0 Å². The molecule has 2 heteroatoms. The van der Waals surface area contributed by atoms with Crippen LogP contribution in [0.3, 0.4) is 0 Å². The second kappa shape index (κ2) is 4.88. The molecule has 0 spiro atoms. The molecule has 1 rings (SSSR count). The Morgan fingerprint density at radius 1 is 1.33 bits per heavy atom. The first-order chi connectivity index (χ1) is 5.86. The van der Waals surface area contributed by atoms with Crippen molar-refractivity contribution in [3.05, 3.63) is 42.5 Å². The molecule has 0 bridgehead atoms. The molecular weight excluding hydrogens is 168 g/mol. The van der Waals surface area contributed by atoms with E-state index >= 15 is 0 Å². The van der Waals surface area contributed by atoms with Crippen LogP contribution in [0.25, 0.3) is 0 Å². The molecule has 0 aliphatic rings. The summed E-state index contributed by atoms with van der Waals surface area (Å²) in [6, 6.07) is 7.98. The summed E-state index contributed by atoms with van der Waals surface area (Å²) in [6.45, 7) is 4.14. The molecule has 0 radical (unpaired) electrons. The van der Waals surface area contributed by atoms with Gasteiger partial charge in [0, 0.05) is 5.56 Å². The van der Waals surface area contributed by atoms with Crippen LogP contribution in [-0.2, 0) is 18.4 Å². The first kappa shape index (κ1) is 9.20. The summed E-state index contributed by atoms with van der Waals surface area (Å²) in [7, 11) is 0. The Bertz CT molecular complexity index is 241. The van der Waals surface area contributed by atoms with Crippen molar-refractivity contribution in [3.8, 4) is 5.75 Å². The van der Waals surface area contributed by atoms with Crippen LogP contribution in [0.4, 0.5) is 0 Å². The first-order valence-electron chi connectivity index (χ1n) is 3.84. The van der Waals surface area contributed by atoms with Gasteiger partial charge in [0.2, 0.25) is 0 Å². The van der Waals surface area contributed by atoms with Crippen molar-refractivity contribution in [1.29, 1.82) is 0 Å².